The van der Waals surface area contributed by atoms with Crippen molar-refractivity contribution in [2.24, 2.45) is 0 Å². The van der Waals surface area contributed by atoms with E-state index in [1.54, 1.807) is 30.3 Å². The molecule has 1 heterocycles. The minimum atomic E-state index is -1.19. The lowest BCUT2D eigenvalue weighted by Crippen LogP contribution is -2.44. The highest BCUT2D eigenvalue weighted by Gasteiger charge is 2.51. The Bertz CT molecular complexity index is 913. The lowest BCUT2D eigenvalue weighted by atomic mass is 9.87. The van der Waals surface area contributed by atoms with Gasteiger partial charge in [0.25, 0.3) is 5.91 Å². The van der Waals surface area contributed by atoms with Crippen LogP contribution in [0.1, 0.15) is 31.4 Å². The molecule has 6 nitrogen and oxygen atoms in total. The number of aryl methyl sites for hydroxylation is 1. The molecule has 1 saturated heterocycles. The van der Waals surface area contributed by atoms with Gasteiger partial charge in [-0.3, -0.25) is 14.5 Å². The Kier molecular flexibility index (Phi) is 5.70. The molecule has 1 aliphatic rings. The van der Waals surface area contributed by atoms with Crippen molar-refractivity contribution in [3.05, 3.63) is 64.7 Å². The minimum absolute atomic E-state index is 0.351. The maximum absolute atomic E-state index is 13.1. The summed E-state index contributed by atoms with van der Waals surface area (Å²) >= 11 is 5.93. The molecular formula is C21H22ClN3O3. The second-order valence-electron chi connectivity index (χ2n) is 6.69. The fourth-order valence-corrected chi connectivity index (χ4v) is 3.48. The summed E-state index contributed by atoms with van der Waals surface area (Å²) in [5, 5.41) is 6.04. The molecule has 2 aromatic carbocycles. The number of nitrogens with one attached hydrogen (secondary N) is 2. The Hall–Kier alpha value is -2.86. The van der Waals surface area contributed by atoms with Crippen LogP contribution in [0.4, 0.5) is 10.5 Å². The van der Waals surface area contributed by atoms with E-state index >= 15 is 0 Å². The third kappa shape index (κ3) is 3.73. The van der Waals surface area contributed by atoms with Crippen molar-refractivity contribution in [1.82, 2.24) is 10.2 Å². The molecule has 0 aromatic heterocycles. The second kappa shape index (κ2) is 8.02. The quantitative estimate of drug-likeness (QED) is 0.727. The van der Waals surface area contributed by atoms with Gasteiger partial charge < -0.3 is 10.6 Å². The number of hydrogen-bond acceptors (Lipinski definition) is 3. The van der Waals surface area contributed by atoms with Crippen molar-refractivity contribution in [3.8, 4) is 0 Å². The highest BCUT2D eigenvalue weighted by atomic mass is 35.5. The number of urea groups is 1. The Balaban J connectivity index is 1.77. The molecule has 4 amide bonds. The number of carbonyl (C=O) groups excluding carboxylic acids is 3. The molecule has 1 unspecified atom stereocenters. The molecule has 1 atom stereocenters. The van der Waals surface area contributed by atoms with Crippen LogP contribution in [0, 0.1) is 0 Å². The van der Waals surface area contributed by atoms with Crippen LogP contribution in [0.25, 0.3) is 0 Å². The van der Waals surface area contributed by atoms with E-state index in [0.717, 1.165) is 16.9 Å². The molecular weight excluding hydrogens is 378 g/mol. The van der Waals surface area contributed by atoms with E-state index in [2.05, 4.69) is 10.6 Å². The highest BCUT2D eigenvalue weighted by Crippen LogP contribution is 2.33. The number of rotatable bonds is 6. The van der Waals surface area contributed by atoms with Crippen molar-refractivity contribution in [1.29, 1.82) is 0 Å². The number of hydrogen-bond donors (Lipinski definition) is 2. The standard InChI is InChI=1S/C21H22ClN3O3/c1-3-14-6-5-7-17(12-14)23-18(26)13-25-19(27)21(4-2,24-20(25)28)15-8-10-16(22)11-9-15/h5-12H,3-4,13H2,1-2H3,(H,23,26)(H,24,28). The fourth-order valence-electron chi connectivity index (χ4n) is 3.36. The summed E-state index contributed by atoms with van der Waals surface area (Å²) in [5.41, 5.74) is 1.16. The summed E-state index contributed by atoms with van der Waals surface area (Å²) in [4.78, 5) is 38.9. The average molecular weight is 400 g/mol. The zero-order chi connectivity index (χ0) is 20.3. The molecule has 146 valence electrons. The molecule has 7 heteroatoms. The summed E-state index contributed by atoms with van der Waals surface area (Å²) in [6.07, 6.45) is 1.20. The third-order valence-corrected chi connectivity index (χ3v) is 5.22. The molecule has 0 aliphatic carbocycles. The number of carbonyl (C=O) groups is 3. The van der Waals surface area contributed by atoms with Gasteiger partial charge in [0.2, 0.25) is 5.91 Å². The van der Waals surface area contributed by atoms with E-state index in [1.165, 1.54) is 0 Å². The first kappa shape index (κ1) is 19.9. The summed E-state index contributed by atoms with van der Waals surface area (Å²) < 4.78 is 0. The summed E-state index contributed by atoms with van der Waals surface area (Å²) in [5.74, 6) is -0.875. The molecule has 1 aliphatic heterocycles. The number of nitrogens with zero attached hydrogens (tertiary/aromatic N) is 1. The van der Waals surface area contributed by atoms with Gasteiger partial charge in [0.15, 0.2) is 0 Å². The van der Waals surface area contributed by atoms with E-state index in [9.17, 15) is 14.4 Å². The first-order valence-electron chi connectivity index (χ1n) is 9.18. The Morgan fingerprint density at radius 1 is 1.14 bits per heavy atom. The molecule has 28 heavy (non-hydrogen) atoms. The van der Waals surface area contributed by atoms with Crippen LogP contribution in [0.2, 0.25) is 5.02 Å². The first-order valence-corrected chi connectivity index (χ1v) is 9.56. The predicted octanol–water partition coefficient (Wildman–Crippen LogP) is 3.70. The van der Waals surface area contributed by atoms with Crippen LogP contribution in [-0.4, -0.2) is 29.3 Å². The minimum Gasteiger partial charge on any atom is -0.325 e. The predicted molar refractivity (Wildman–Crippen MR) is 108 cm³/mol. The van der Waals surface area contributed by atoms with Crippen molar-refractivity contribution in [3.63, 3.8) is 0 Å². The Labute approximate surface area is 168 Å². The van der Waals surface area contributed by atoms with E-state index in [1.807, 2.05) is 32.0 Å². The maximum Gasteiger partial charge on any atom is 0.325 e. The molecule has 2 N–H and O–H groups in total. The highest BCUT2D eigenvalue weighted by molar-refractivity contribution is 6.30. The van der Waals surface area contributed by atoms with E-state index < -0.39 is 23.4 Å². The normalized spacial score (nSPS) is 18.9. The number of benzene rings is 2. The molecule has 0 saturated carbocycles. The molecule has 0 radical (unpaired) electrons. The van der Waals surface area contributed by atoms with Crippen LogP contribution in [-0.2, 0) is 21.5 Å². The SMILES string of the molecule is CCc1cccc(NC(=O)CN2C(=O)NC(CC)(c3ccc(Cl)cc3)C2=O)c1. The van der Waals surface area contributed by atoms with Crippen LogP contribution in [0.15, 0.2) is 48.5 Å². The number of halogens is 1. The van der Waals surface area contributed by atoms with E-state index in [0.29, 0.717) is 22.7 Å². The molecule has 1 fully saturated rings. The monoisotopic (exact) mass is 399 g/mol. The fraction of sp³-hybridized carbons (Fsp3) is 0.286. The topological polar surface area (TPSA) is 78.5 Å². The van der Waals surface area contributed by atoms with E-state index in [-0.39, 0.29) is 6.54 Å². The van der Waals surface area contributed by atoms with Crippen molar-refractivity contribution >= 4 is 35.1 Å². The van der Waals surface area contributed by atoms with Gasteiger partial charge >= 0.3 is 6.03 Å². The van der Waals surface area contributed by atoms with Crippen LogP contribution in [0.5, 0.6) is 0 Å². The first-order chi connectivity index (χ1) is 13.4. The van der Waals surface area contributed by atoms with Crippen LogP contribution in [0.3, 0.4) is 0 Å². The van der Waals surface area contributed by atoms with Crippen molar-refractivity contribution in [2.75, 3.05) is 11.9 Å². The summed E-state index contributed by atoms with van der Waals surface area (Å²) in [7, 11) is 0. The maximum atomic E-state index is 13.1. The van der Waals surface area contributed by atoms with Gasteiger partial charge in [-0.15, -0.1) is 0 Å². The lowest BCUT2D eigenvalue weighted by molar-refractivity contribution is -0.134. The van der Waals surface area contributed by atoms with Crippen LogP contribution >= 0.6 is 11.6 Å². The van der Waals surface area contributed by atoms with Gasteiger partial charge in [-0.2, -0.15) is 0 Å². The molecule has 0 bridgehead atoms. The number of amides is 4. The van der Waals surface area contributed by atoms with E-state index in [4.69, 9.17) is 11.6 Å². The second-order valence-corrected chi connectivity index (χ2v) is 7.13. The van der Waals surface area contributed by atoms with Gasteiger partial charge in [0.05, 0.1) is 0 Å². The van der Waals surface area contributed by atoms with Gasteiger partial charge in [0.1, 0.15) is 12.1 Å². The lowest BCUT2D eigenvalue weighted by Gasteiger charge is -2.25. The van der Waals surface area contributed by atoms with Crippen molar-refractivity contribution < 1.29 is 14.4 Å². The van der Waals surface area contributed by atoms with Gasteiger partial charge in [-0.05, 0) is 48.2 Å². The Morgan fingerprint density at radius 2 is 1.86 bits per heavy atom. The molecule has 2 aromatic rings. The van der Waals surface area contributed by atoms with Crippen molar-refractivity contribution in [2.45, 2.75) is 32.2 Å². The molecule has 3 rings (SSSR count). The average Bonchev–Trinajstić information content (AvgIpc) is 2.93. The number of imide groups is 1. The zero-order valence-corrected chi connectivity index (χ0v) is 16.5. The summed E-state index contributed by atoms with van der Waals surface area (Å²) in [6, 6.07) is 13.6. The summed E-state index contributed by atoms with van der Waals surface area (Å²) in [6.45, 7) is 3.48. The number of anilines is 1. The largest absolute Gasteiger partial charge is 0.325 e. The third-order valence-electron chi connectivity index (χ3n) is 4.96. The van der Waals surface area contributed by atoms with Gasteiger partial charge in [0, 0.05) is 10.7 Å². The zero-order valence-electron chi connectivity index (χ0n) is 15.8. The molecule has 0 spiro atoms. The van der Waals surface area contributed by atoms with Gasteiger partial charge in [-0.1, -0.05) is 49.7 Å². The van der Waals surface area contributed by atoms with Crippen LogP contribution < -0.4 is 10.6 Å². The smallest absolute Gasteiger partial charge is 0.325 e. The Morgan fingerprint density at radius 3 is 2.50 bits per heavy atom. The van der Waals surface area contributed by atoms with Gasteiger partial charge in [-0.25, -0.2) is 4.79 Å².